The molecule has 4 aliphatic rings. The molecule has 0 aromatic heterocycles. The summed E-state index contributed by atoms with van der Waals surface area (Å²) < 4.78 is 29.4. The van der Waals surface area contributed by atoms with Crippen LogP contribution in [0.2, 0.25) is 10.0 Å². The van der Waals surface area contributed by atoms with Crippen molar-refractivity contribution in [2.75, 3.05) is 0 Å². The van der Waals surface area contributed by atoms with Crippen LogP contribution in [-0.4, -0.2) is 14.0 Å². The minimum absolute atomic E-state index is 0.169. The Morgan fingerprint density at radius 3 is 2.00 bits per heavy atom. The second-order valence-corrected chi connectivity index (χ2v) is 10.8. The van der Waals surface area contributed by atoms with Crippen LogP contribution in [-0.2, 0) is 10.0 Å². The summed E-state index contributed by atoms with van der Waals surface area (Å²) in [4.78, 5) is 0.169. The molecule has 4 fully saturated rings. The van der Waals surface area contributed by atoms with Crippen LogP contribution in [0.1, 0.15) is 38.5 Å². The Bertz CT molecular complexity index is 730. The highest BCUT2D eigenvalue weighted by Gasteiger charge is 2.52. The molecule has 0 heterocycles. The monoisotopic (exact) mass is 437 g/mol. The van der Waals surface area contributed by atoms with Crippen molar-refractivity contribution >= 4 is 49.2 Å². The van der Waals surface area contributed by atoms with E-state index < -0.39 is 10.0 Å². The summed E-state index contributed by atoms with van der Waals surface area (Å²) in [6.07, 6.45) is 6.73. The molecule has 126 valence electrons. The van der Waals surface area contributed by atoms with E-state index in [4.69, 9.17) is 23.2 Å². The first-order valence-corrected chi connectivity index (χ1v) is 11.0. The molecule has 1 N–H and O–H groups in total. The number of hydrogen-bond donors (Lipinski definition) is 1. The Hall–Kier alpha value is 0.190. The van der Waals surface area contributed by atoms with Crippen LogP contribution in [0.5, 0.6) is 0 Å². The Labute approximate surface area is 155 Å². The average Bonchev–Trinajstić information content (AvgIpc) is 2.39. The van der Waals surface area contributed by atoms with Gasteiger partial charge in [-0.3, -0.25) is 0 Å². The topological polar surface area (TPSA) is 46.2 Å². The maximum Gasteiger partial charge on any atom is 0.242 e. The lowest BCUT2D eigenvalue weighted by atomic mass is 9.53. The van der Waals surface area contributed by atoms with Crippen LogP contribution in [0.15, 0.2) is 21.5 Å². The molecule has 0 amide bonds. The van der Waals surface area contributed by atoms with Crippen LogP contribution in [0, 0.1) is 17.8 Å². The fourth-order valence-corrected chi connectivity index (χ4v) is 8.31. The molecule has 4 bridgehead atoms. The molecule has 1 aromatic rings. The first-order valence-electron chi connectivity index (χ1n) is 7.95. The molecule has 4 aliphatic carbocycles. The van der Waals surface area contributed by atoms with Gasteiger partial charge in [-0.15, -0.1) is 0 Å². The van der Waals surface area contributed by atoms with Crippen LogP contribution in [0.4, 0.5) is 0 Å². The van der Waals surface area contributed by atoms with Gasteiger partial charge in [0.25, 0.3) is 0 Å². The standard InChI is InChI=1S/C16H18BrCl2NO2S/c17-12-4-13(18)14(19)5-15(12)23(21,22)20-16-6-9-1-10(7-16)3-11(2-9)8-16/h4-5,9-11,20H,1-3,6-8H2. The Morgan fingerprint density at radius 1 is 1.00 bits per heavy atom. The van der Waals surface area contributed by atoms with Gasteiger partial charge >= 0.3 is 0 Å². The lowest BCUT2D eigenvalue weighted by molar-refractivity contribution is -0.00810. The molecular formula is C16H18BrCl2NO2S. The highest BCUT2D eigenvalue weighted by Crippen LogP contribution is 2.56. The molecule has 0 atom stereocenters. The summed E-state index contributed by atoms with van der Waals surface area (Å²) in [6, 6.07) is 2.97. The fraction of sp³-hybridized carbons (Fsp3) is 0.625. The predicted octanol–water partition coefficient (Wildman–Crippen LogP) is 5.00. The van der Waals surface area contributed by atoms with Gasteiger partial charge in [0.1, 0.15) is 0 Å². The molecule has 0 radical (unpaired) electrons. The van der Waals surface area contributed by atoms with E-state index in [0.29, 0.717) is 27.2 Å². The van der Waals surface area contributed by atoms with E-state index >= 15 is 0 Å². The number of benzene rings is 1. The lowest BCUT2D eigenvalue weighted by Gasteiger charge is -2.56. The molecular weight excluding hydrogens is 421 g/mol. The number of hydrogen-bond acceptors (Lipinski definition) is 2. The van der Waals surface area contributed by atoms with Gasteiger partial charge in [-0.05, 0) is 84.3 Å². The van der Waals surface area contributed by atoms with Crippen molar-refractivity contribution in [3.8, 4) is 0 Å². The number of sulfonamides is 1. The summed E-state index contributed by atoms with van der Waals surface area (Å²) >= 11 is 15.3. The first kappa shape index (κ1) is 16.6. The van der Waals surface area contributed by atoms with Gasteiger partial charge in [0, 0.05) is 10.0 Å². The third-order valence-corrected chi connectivity index (χ3v) is 8.91. The average molecular weight is 439 g/mol. The molecule has 23 heavy (non-hydrogen) atoms. The van der Waals surface area contributed by atoms with Gasteiger partial charge in [0.2, 0.25) is 10.0 Å². The molecule has 5 rings (SSSR count). The van der Waals surface area contributed by atoms with Gasteiger partial charge in [-0.1, -0.05) is 23.2 Å². The SMILES string of the molecule is O=S(=O)(NC12CC3CC(CC(C3)C1)C2)c1cc(Cl)c(Cl)cc1Br. The van der Waals surface area contributed by atoms with Gasteiger partial charge < -0.3 is 0 Å². The number of rotatable bonds is 3. The van der Waals surface area contributed by atoms with Crippen molar-refractivity contribution in [3.05, 3.63) is 26.7 Å². The predicted molar refractivity (Wildman–Crippen MR) is 95.4 cm³/mol. The molecule has 1 aromatic carbocycles. The van der Waals surface area contributed by atoms with Crippen molar-refractivity contribution in [2.45, 2.75) is 49.0 Å². The van der Waals surface area contributed by atoms with E-state index in [2.05, 4.69) is 20.7 Å². The summed E-state index contributed by atoms with van der Waals surface area (Å²) in [6.45, 7) is 0. The van der Waals surface area contributed by atoms with Gasteiger partial charge in [-0.25, -0.2) is 13.1 Å². The van der Waals surface area contributed by atoms with E-state index in [0.717, 1.165) is 19.3 Å². The fourth-order valence-electron chi connectivity index (χ4n) is 5.29. The zero-order valence-corrected chi connectivity index (χ0v) is 16.4. The zero-order chi connectivity index (χ0) is 16.4. The normalized spacial score (nSPS) is 35.7. The van der Waals surface area contributed by atoms with Crippen LogP contribution >= 0.6 is 39.1 Å². The van der Waals surface area contributed by atoms with Gasteiger partial charge in [0.15, 0.2) is 0 Å². The van der Waals surface area contributed by atoms with Crippen LogP contribution < -0.4 is 4.72 Å². The molecule has 4 saturated carbocycles. The van der Waals surface area contributed by atoms with Gasteiger partial charge in [0.05, 0.1) is 14.9 Å². The van der Waals surface area contributed by atoms with E-state index in [9.17, 15) is 8.42 Å². The molecule has 0 spiro atoms. The van der Waals surface area contributed by atoms with Gasteiger partial charge in [-0.2, -0.15) is 0 Å². The van der Waals surface area contributed by atoms with Crippen LogP contribution in [0.3, 0.4) is 0 Å². The molecule has 0 unspecified atom stereocenters. The quantitative estimate of drug-likeness (QED) is 0.674. The third kappa shape index (κ3) is 2.97. The second kappa shape index (κ2) is 5.60. The Morgan fingerprint density at radius 2 is 1.48 bits per heavy atom. The molecule has 0 aliphatic heterocycles. The summed E-state index contributed by atoms with van der Waals surface area (Å²) in [5, 5.41) is 0.591. The van der Waals surface area contributed by atoms with Crippen LogP contribution in [0.25, 0.3) is 0 Å². The van der Waals surface area contributed by atoms with Crippen molar-refractivity contribution < 1.29 is 8.42 Å². The third-order valence-electron chi connectivity index (χ3n) is 5.65. The number of nitrogens with one attached hydrogen (secondary N) is 1. The minimum atomic E-state index is -3.63. The first-order chi connectivity index (χ1) is 10.8. The Balaban J connectivity index is 1.67. The van der Waals surface area contributed by atoms with Crippen molar-refractivity contribution in [2.24, 2.45) is 17.8 Å². The highest BCUT2D eigenvalue weighted by atomic mass is 79.9. The summed E-state index contributed by atoms with van der Waals surface area (Å²) in [7, 11) is -3.63. The van der Waals surface area contributed by atoms with E-state index in [1.807, 2.05) is 0 Å². The largest absolute Gasteiger partial charge is 0.242 e. The minimum Gasteiger partial charge on any atom is -0.207 e. The smallest absolute Gasteiger partial charge is 0.207 e. The highest BCUT2D eigenvalue weighted by molar-refractivity contribution is 9.10. The maximum absolute atomic E-state index is 13.0. The molecule has 3 nitrogen and oxygen atoms in total. The molecule has 7 heteroatoms. The van der Waals surface area contributed by atoms with E-state index in [-0.39, 0.29) is 15.5 Å². The number of halogens is 3. The second-order valence-electron chi connectivity index (χ2n) is 7.50. The Kier molecular flexibility index (Phi) is 4.05. The van der Waals surface area contributed by atoms with E-state index in [1.165, 1.54) is 31.4 Å². The zero-order valence-electron chi connectivity index (χ0n) is 12.5. The van der Waals surface area contributed by atoms with Crippen molar-refractivity contribution in [3.63, 3.8) is 0 Å². The summed E-state index contributed by atoms with van der Waals surface area (Å²) in [5.74, 6) is 2.04. The van der Waals surface area contributed by atoms with Crippen molar-refractivity contribution in [1.82, 2.24) is 4.72 Å². The maximum atomic E-state index is 13.0. The lowest BCUT2D eigenvalue weighted by Crippen LogP contribution is -2.59. The summed E-state index contributed by atoms with van der Waals surface area (Å²) in [5.41, 5.74) is -0.265. The van der Waals surface area contributed by atoms with Crippen molar-refractivity contribution in [1.29, 1.82) is 0 Å². The van der Waals surface area contributed by atoms with E-state index in [1.54, 1.807) is 0 Å². The molecule has 0 saturated heterocycles.